The number of hydrogen-bond donors (Lipinski definition) is 3. The number of nitrogens with zero attached hydrogens (tertiary/aromatic N) is 2. The molecule has 0 saturated heterocycles. The standard InChI is InChI=1S/C11H9N3O5S/c15-10-6-5-9(11(16)12-10)14-13-7-1-3-8(4-2-7)20(17,18)19/h1-6H,(H2,12,15,16)(H,17,18,19). The predicted molar refractivity (Wildman–Crippen MR) is 69.2 cm³/mol. The van der Waals surface area contributed by atoms with Crippen molar-refractivity contribution in [3.63, 3.8) is 0 Å². The van der Waals surface area contributed by atoms with Crippen LogP contribution >= 0.6 is 0 Å². The highest BCUT2D eigenvalue weighted by Gasteiger charge is 2.08. The summed E-state index contributed by atoms with van der Waals surface area (Å²) in [4.78, 5) is 12.8. The van der Waals surface area contributed by atoms with Gasteiger partial charge in [0.05, 0.1) is 10.6 Å². The summed E-state index contributed by atoms with van der Waals surface area (Å²) in [7, 11) is -4.25. The number of azo groups is 1. The third kappa shape index (κ3) is 3.28. The molecule has 9 heteroatoms. The largest absolute Gasteiger partial charge is 0.493 e. The molecule has 104 valence electrons. The van der Waals surface area contributed by atoms with Crippen LogP contribution in [-0.4, -0.2) is 23.1 Å². The lowest BCUT2D eigenvalue weighted by molar-refractivity contribution is 0.453. The van der Waals surface area contributed by atoms with E-state index in [2.05, 4.69) is 15.2 Å². The molecule has 0 aliphatic carbocycles. The van der Waals surface area contributed by atoms with E-state index in [1.165, 1.54) is 24.3 Å². The predicted octanol–water partition coefficient (Wildman–Crippen LogP) is 1.74. The normalized spacial score (nSPS) is 11.8. The van der Waals surface area contributed by atoms with Crippen molar-refractivity contribution in [1.82, 2.24) is 4.98 Å². The van der Waals surface area contributed by atoms with Crippen molar-refractivity contribution in [2.75, 3.05) is 0 Å². The van der Waals surface area contributed by atoms with Gasteiger partial charge in [-0.2, -0.15) is 13.5 Å². The molecule has 2 rings (SSSR count). The summed E-state index contributed by atoms with van der Waals surface area (Å²) in [6.07, 6.45) is 0. The zero-order valence-electron chi connectivity index (χ0n) is 9.89. The minimum atomic E-state index is -4.25. The number of aromatic hydroxyl groups is 1. The van der Waals surface area contributed by atoms with Crippen LogP contribution < -0.4 is 5.56 Å². The van der Waals surface area contributed by atoms with Crippen LogP contribution in [0.2, 0.25) is 0 Å². The van der Waals surface area contributed by atoms with Gasteiger partial charge in [-0.25, -0.2) is 0 Å². The van der Waals surface area contributed by atoms with Crippen molar-refractivity contribution in [3.8, 4) is 5.88 Å². The van der Waals surface area contributed by atoms with Gasteiger partial charge in [0.1, 0.15) is 5.69 Å². The van der Waals surface area contributed by atoms with Crippen molar-refractivity contribution in [2.24, 2.45) is 10.2 Å². The van der Waals surface area contributed by atoms with Crippen LogP contribution in [0, 0.1) is 0 Å². The summed E-state index contributed by atoms with van der Waals surface area (Å²) in [5.74, 6) is -0.421. The highest BCUT2D eigenvalue weighted by Crippen LogP contribution is 2.24. The number of aromatic nitrogens is 1. The molecule has 1 aromatic heterocycles. The third-order valence-corrected chi connectivity index (χ3v) is 3.15. The molecule has 0 spiro atoms. The third-order valence-electron chi connectivity index (χ3n) is 2.28. The number of hydrogen-bond acceptors (Lipinski definition) is 6. The molecule has 0 saturated carbocycles. The first-order valence-corrected chi connectivity index (χ1v) is 6.72. The van der Waals surface area contributed by atoms with Gasteiger partial charge in [-0.15, -0.1) is 5.11 Å². The van der Waals surface area contributed by atoms with Crippen molar-refractivity contribution in [3.05, 3.63) is 46.8 Å². The Hall–Kier alpha value is -2.52. The number of benzene rings is 1. The van der Waals surface area contributed by atoms with E-state index < -0.39 is 21.6 Å². The molecule has 1 heterocycles. The maximum Gasteiger partial charge on any atom is 0.294 e. The fourth-order valence-corrected chi connectivity index (χ4v) is 1.81. The van der Waals surface area contributed by atoms with Gasteiger partial charge in [-0.3, -0.25) is 14.3 Å². The van der Waals surface area contributed by atoms with E-state index in [1.807, 2.05) is 0 Å². The van der Waals surface area contributed by atoms with Crippen LogP contribution in [0.15, 0.2) is 56.3 Å². The molecular formula is C11H9N3O5S. The Morgan fingerprint density at radius 1 is 1.00 bits per heavy atom. The van der Waals surface area contributed by atoms with Crippen LogP contribution in [0.5, 0.6) is 5.88 Å². The first kappa shape index (κ1) is 13.9. The molecule has 0 aliphatic heterocycles. The quantitative estimate of drug-likeness (QED) is 0.586. The van der Waals surface area contributed by atoms with E-state index >= 15 is 0 Å². The smallest absolute Gasteiger partial charge is 0.294 e. The van der Waals surface area contributed by atoms with E-state index in [4.69, 9.17) is 4.55 Å². The summed E-state index contributed by atoms with van der Waals surface area (Å²) in [6.45, 7) is 0. The van der Waals surface area contributed by atoms with Gasteiger partial charge in [0, 0.05) is 6.07 Å². The van der Waals surface area contributed by atoms with Crippen molar-refractivity contribution >= 4 is 21.5 Å². The second kappa shape index (κ2) is 5.23. The average Bonchev–Trinajstić information content (AvgIpc) is 2.37. The highest BCUT2D eigenvalue weighted by molar-refractivity contribution is 7.85. The number of aromatic amines is 1. The van der Waals surface area contributed by atoms with Crippen molar-refractivity contribution in [2.45, 2.75) is 4.90 Å². The fourth-order valence-electron chi connectivity index (χ4n) is 1.33. The molecule has 0 radical (unpaired) electrons. The van der Waals surface area contributed by atoms with Gasteiger partial charge in [-0.05, 0) is 30.3 Å². The average molecular weight is 295 g/mol. The summed E-state index contributed by atoms with van der Waals surface area (Å²) < 4.78 is 30.5. The SMILES string of the molecule is O=c1ccc(N=Nc2ccc(S(=O)(=O)O)cc2)c(O)[nH]1. The number of nitrogens with one attached hydrogen (secondary N) is 1. The van der Waals surface area contributed by atoms with E-state index in [0.29, 0.717) is 5.69 Å². The van der Waals surface area contributed by atoms with E-state index in [0.717, 1.165) is 12.1 Å². The lowest BCUT2D eigenvalue weighted by atomic mass is 10.3. The van der Waals surface area contributed by atoms with Crippen LogP contribution in [0.3, 0.4) is 0 Å². The van der Waals surface area contributed by atoms with E-state index in [-0.39, 0.29) is 10.6 Å². The maximum absolute atomic E-state index is 10.9. The Kier molecular flexibility index (Phi) is 3.63. The number of rotatable bonds is 3. The molecule has 0 aliphatic rings. The van der Waals surface area contributed by atoms with Gasteiger partial charge in [-0.1, -0.05) is 0 Å². The minimum absolute atomic E-state index is 0.0588. The summed E-state index contributed by atoms with van der Waals surface area (Å²) in [6, 6.07) is 7.44. The second-order valence-electron chi connectivity index (χ2n) is 3.73. The van der Waals surface area contributed by atoms with Crippen LogP contribution in [-0.2, 0) is 10.1 Å². The zero-order chi connectivity index (χ0) is 14.8. The fraction of sp³-hybridized carbons (Fsp3) is 0. The molecule has 3 N–H and O–H groups in total. The molecular weight excluding hydrogens is 286 g/mol. The van der Waals surface area contributed by atoms with Gasteiger partial charge < -0.3 is 5.11 Å². The van der Waals surface area contributed by atoms with Crippen LogP contribution in [0.4, 0.5) is 11.4 Å². The Balaban J connectivity index is 2.26. The summed E-state index contributed by atoms with van der Waals surface area (Å²) >= 11 is 0. The van der Waals surface area contributed by atoms with Gasteiger partial charge in [0.25, 0.3) is 15.7 Å². The molecule has 20 heavy (non-hydrogen) atoms. The van der Waals surface area contributed by atoms with Crippen LogP contribution in [0.1, 0.15) is 0 Å². The van der Waals surface area contributed by atoms with Gasteiger partial charge >= 0.3 is 0 Å². The first-order valence-electron chi connectivity index (χ1n) is 5.28. The molecule has 0 atom stereocenters. The maximum atomic E-state index is 10.9. The molecule has 8 nitrogen and oxygen atoms in total. The molecule has 0 fully saturated rings. The number of pyridine rings is 1. The van der Waals surface area contributed by atoms with Crippen LogP contribution in [0.25, 0.3) is 0 Å². The second-order valence-corrected chi connectivity index (χ2v) is 5.15. The summed E-state index contributed by atoms with van der Waals surface area (Å²) in [5.41, 5.74) is -0.106. The van der Waals surface area contributed by atoms with Crippen molar-refractivity contribution in [1.29, 1.82) is 0 Å². The van der Waals surface area contributed by atoms with Gasteiger partial charge in [0.2, 0.25) is 5.88 Å². The Morgan fingerprint density at radius 3 is 2.20 bits per heavy atom. The molecule has 0 amide bonds. The number of H-pyrrole nitrogens is 1. The van der Waals surface area contributed by atoms with E-state index in [1.54, 1.807) is 0 Å². The van der Waals surface area contributed by atoms with Crippen molar-refractivity contribution < 1.29 is 18.1 Å². The van der Waals surface area contributed by atoms with E-state index in [9.17, 15) is 18.3 Å². The highest BCUT2D eigenvalue weighted by atomic mass is 32.2. The Bertz CT molecular complexity index is 809. The first-order chi connectivity index (χ1) is 9.36. The lowest BCUT2D eigenvalue weighted by Crippen LogP contribution is -2.00. The topological polar surface area (TPSA) is 132 Å². The molecule has 2 aromatic rings. The molecule has 0 bridgehead atoms. The summed E-state index contributed by atoms with van der Waals surface area (Å²) in [5, 5.41) is 16.9. The Morgan fingerprint density at radius 2 is 1.65 bits per heavy atom. The Labute approximate surface area is 113 Å². The molecule has 0 unspecified atom stereocenters. The molecule has 1 aromatic carbocycles. The minimum Gasteiger partial charge on any atom is -0.493 e. The van der Waals surface area contributed by atoms with Gasteiger partial charge in [0.15, 0.2) is 0 Å². The monoisotopic (exact) mass is 295 g/mol. The lowest BCUT2D eigenvalue weighted by Gasteiger charge is -1.98. The zero-order valence-corrected chi connectivity index (χ0v) is 10.7.